The minimum atomic E-state index is -1.22. The summed E-state index contributed by atoms with van der Waals surface area (Å²) in [6.07, 6.45) is 1.37. The first kappa shape index (κ1) is 23.3. The molecule has 0 amide bonds. The van der Waals surface area contributed by atoms with Crippen molar-refractivity contribution < 1.29 is 19.2 Å². The molecule has 0 aliphatic heterocycles. The fraction of sp³-hybridized carbons (Fsp3) is 0.190. The van der Waals surface area contributed by atoms with Crippen LogP contribution in [0.5, 0.6) is 0 Å². The standard InChI is InChI=1S/C21H19ClN4O5S/c1-3-25(4-2)17-10-9-16(26(29)30)11-14(17)12-18(20(27)28)32-21-24-23-19(31-21)13-5-7-15(22)8-6-13/h5-12H,3-4H2,1-2H3,(H,27,28)/b18-12+. The van der Waals surface area contributed by atoms with E-state index in [1.54, 1.807) is 30.3 Å². The van der Waals surface area contributed by atoms with E-state index >= 15 is 0 Å². The van der Waals surface area contributed by atoms with Crippen molar-refractivity contribution in [1.29, 1.82) is 0 Å². The van der Waals surface area contributed by atoms with Gasteiger partial charge in [0.1, 0.15) is 4.91 Å². The monoisotopic (exact) mass is 474 g/mol. The van der Waals surface area contributed by atoms with E-state index in [9.17, 15) is 20.0 Å². The van der Waals surface area contributed by atoms with Gasteiger partial charge < -0.3 is 14.4 Å². The number of hydrogen-bond donors (Lipinski definition) is 1. The molecule has 0 saturated carbocycles. The van der Waals surface area contributed by atoms with Crippen LogP contribution in [-0.2, 0) is 4.79 Å². The summed E-state index contributed by atoms with van der Waals surface area (Å²) >= 11 is 6.65. The number of aromatic nitrogens is 2. The molecule has 166 valence electrons. The van der Waals surface area contributed by atoms with Crippen LogP contribution in [0.15, 0.2) is 57.0 Å². The molecule has 0 unspecified atom stereocenters. The van der Waals surface area contributed by atoms with Crippen LogP contribution in [0.2, 0.25) is 5.02 Å². The number of thioether (sulfide) groups is 1. The Morgan fingerprint density at radius 1 is 1.22 bits per heavy atom. The van der Waals surface area contributed by atoms with Crippen LogP contribution in [-0.4, -0.2) is 39.3 Å². The van der Waals surface area contributed by atoms with Crippen LogP contribution in [0.4, 0.5) is 11.4 Å². The number of anilines is 1. The van der Waals surface area contributed by atoms with Gasteiger partial charge in [-0.2, -0.15) is 0 Å². The maximum Gasteiger partial charge on any atom is 0.342 e. The molecule has 3 rings (SSSR count). The minimum absolute atomic E-state index is 0.0263. The fourth-order valence-corrected chi connectivity index (χ4v) is 3.74. The van der Waals surface area contributed by atoms with Crippen molar-refractivity contribution in [2.24, 2.45) is 0 Å². The zero-order chi connectivity index (χ0) is 23.3. The van der Waals surface area contributed by atoms with E-state index in [4.69, 9.17) is 16.0 Å². The molecule has 3 aromatic rings. The molecule has 0 aliphatic rings. The van der Waals surface area contributed by atoms with E-state index in [-0.39, 0.29) is 21.7 Å². The van der Waals surface area contributed by atoms with Gasteiger partial charge in [0, 0.05) is 47.1 Å². The Morgan fingerprint density at radius 3 is 2.50 bits per heavy atom. The van der Waals surface area contributed by atoms with Crippen molar-refractivity contribution in [2.75, 3.05) is 18.0 Å². The molecule has 0 fully saturated rings. The van der Waals surface area contributed by atoms with Gasteiger partial charge in [-0.05, 0) is 62.0 Å². The number of halogens is 1. The van der Waals surface area contributed by atoms with Gasteiger partial charge in [-0.1, -0.05) is 11.6 Å². The summed E-state index contributed by atoms with van der Waals surface area (Å²) < 4.78 is 5.58. The molecule has 0 radical (unpaired) electrons. The third-order valence-corrected chi connectivity index (χ3v) is 5.62. The number of non-ortho nitro benzene ring substituents is 1. The first-order chi connectivity index (χ1) is 15.3. The predicted molar refractivity (Wildman–Crippen MR) is 123 cm³/mol. The zero-order valence-corrected chi connectivity index (χ0v) is 18.8. The average molecular weight is 475 g/mol. The number of rotatable bonds is 9. The summed E-state index contributed by atoms with van der Waals surface area (Å²) in [4.78, 5) is 24.5. The summed E-state index contributed by atoms with van der Waals surface area (Å²) in [6.45, 7) is 5.20. The molecule has 0 saturated heterocycles. The highest BCUT2D eigenvalue weighted by atomic mass is 35.5. The Bertz CT molecular complexity index is 1160. The number of hydrogen-bond acceptors (Lipinski definition) is 8. The van der Waals surface area contributed by atoms with Crippen LogP contribution in [0.3, 0.4) is 0 Å². The summed E-state index contributed by atoms with van der Waals surface area (Å²) in [5.74, 6) is -1.01. The number of carbonyl (C=O) groups is 1. The van der Waals surface area contributed by atoms with Gasteiger partial charge in [-0.25, -0.2) is 4.79 Å². The molecule has 1 aromatic heterocycles. The number of carboxylic acids is 1. The summed E-state index contributed by atoms with van der Waals surface area (Å²) in [5, 5.41) is 29.4. The second-order valence-corrected chi connectivity index (χ2v) is 7.90. The Balaban J connectivity index is 1.97. The van der Waals surface area contributed by atoms with Crippen molar-refractivity contribution in [1.82, 2.24) is 10.2 Å². The van der Waals surface area contributed by atoms with Crippen LogP contribution in [0, 0.1) is 10.1 Å². The van der Waals surface area contributed by atoms with Crippen molar-refractivity contribution in [3.8, 4) is 11.5 Å². The Kier molecular flexibility index (Phi) is 7.49. The highest BCUT2D eigenvalue weighted by molar-refractivity contribution is 8.03. The van der Waals surface area contributed by atoms with Crippen LogP contribution in [0.25, 0.3) is 17.5 Å². The Morgan fingerprint density at radius 2 is 1.91 bits per heavy atom. The lowest BCUT2D eigenvalue weighted by atomic mass is 10.1. The van der Waals surface area contributed by atoms with Gasteiger partial charge in [0.05, 0.1) is 4.92 Å². The highest BCUT2D eigenvalue weighted by Gasteiger charge is 2.19. The maximum absolute atomic E-state index is 11.9. The van der Waals surface area contributed by atoms with E-state index in [1.165, 1.54) is 18.2 Å². The SMILES string of the molecule is CCN(CC)c1ccc([N+](=O)[O-])cc1/C=C(/Sc1nnc(-c2ccc(Cl)cc2)o1)C(=O)O. The third kappa shape index (κ3) is 5.45. The first-order valence-electron chi connectivity index (χ1n) is 9.58. The first-order valence-corrected chi connectivity index (χ1v) is 10.8. The number of carboxylic acid groups (broad SMARTS) is 1. The van der Waals surface area contributed by atoms with E-state index in [0.29, 0.717) is 34.9 Å². The van der Waals surface area contributed by atoms with Crippen LogP contribution < -0.4 is 4.90 Å². The summed E-state index contributed by atoms with van der Waals surface area (Å²) in [5.41, 5.74) is 1.60. The second kappa shape index (κ2) is 10.3. The number of nitro groups is 1. The van der Waals surface area contributed by atoms with Gasteiger partial charge in [0.15, 0.2) is 0 Å². The van der Waals surface area contributed by atoms with Crippen molar-refractivity contribution in [3.05, 3.63) is 68.1 Å². The lowest BCUT2D eigenvalue weighted by Gasteiger charge is -2.23. The molecule has 32 heavy (non-hydrogen) atoms. The number of benzene rings is 2. The van der Waals surface area contributed by atoms with E-state index in [2.05, 4.69) is 10.2 Å². The Hall–Kier alpha value is -3.37. The minimum Gasteiger partial charge on any atom is -0.477 e. The van der Waals surface area contributed by atoms with Gasteiger partial charge in [-0.3, -0.25) is 10.1 Å². The van der Waals surface area contributed by atoms with Gasteiger partial charge in [-0.15, -0.1) is 10.2 Å². The summed E-state index contributed by atoms with van der Waals surface area (Å²) in [6, 6.07) is 11.1. The van der Waals surface area contributed by atoms with Crippen LogP contribution >= 0.6 is 23.4 Å². The summed E-state index contributed by atoms with van der Waals surface area (Å²) in [7, 11) is 0. The Labute approximate surface area is 192 Å². The molecule has 0 spiro atoms. The molecule has 0 atom stereocenters. The van der Waals surface area contributed by atoms with Crippen LogP contribution in [0.1, 0.15) is 19.4 Å². The smallest absolute Gasteiger partial charge is 0.342 e. The second-order valence-electron chi connectivity index (χ2n) is 6.47. The molecular weight excluding hydrogens is 456 g/mol. The van der Waals surface area contributed by atoms with E-state index in [1.807, 2.05) is 18.7 Å². The molecule has 9 nitrogen and oxygen atoms in total. The normalized spacial score (nSPS) is 11.4. The largest absolute Gasteiger partial charge is 0.477 e. The number of aliphatic carboxylic acids is 1. The lowest BCUT2D eigenvalue weighted by Crippen LogP contribution is -2.22. The molecule has 0 bridgehead atoms. The number of nitro benzene ring substituents is 1. The van der Waals surface area contributed by atoms with E-state index in [0.717, 1.165) is 11.8 Å². The maximum atomic E-state index is 11.9. The average Bonchev–Trinajstić information content (AvgIpc) is 3.23. The molecule has 1 N–H and O–H groups in total. The number of nitrogens with zero attached hydrogens (tertiary/aromatic N) is 4. The van der Waals surface area contributed by atoms with E-state index < -0.39 is 10.9 Å². The predicted octanol–water partition coefficient (Wildman–Crippen LogP) is 5.36. The molecular formula is C21H19ClN4O5S. The lowest BCUT2D eigenvalue weighted by molar-refractivity contribution is -0.384. The fourth-order valence-electron chi connectivity index (χ4n) is 2.95. The molecule has 2 aromatic carbocycles. The van der Waals surface area contributed by atoms with Crippen molar-refractivity contribution in [3.63, 3.8) is 0 Å². The molecule has 11 heteroatoms. The third-order valence-electron chi connectivity index (χ3n) is 4.52. The van der Waals surface area contributed by atoms with Gasteiger partial charge >= 0.3 is 5.97 Å². The van der Waals surface area contributed by atoms with Crippen molar-refractivity contribution >= 4 is 46.8 Å². The zero-order valence-electron chi connectivity index (χ0n) is 17.2. The highest BCUT2D eigenvalue weighted by Crippen LogP contribution is 2.33. The van der Waals surface area contributed by atoms with Crippen molar-refractivity contribution in [2.45, 2.75) is 19.1 Å². The topological polar surface area (TPSA) is 123 Å². The molecule has 1 heterocycles. The van der Waals surface area contributed by atoms with Gasteiger partial charge in [0.2, 0.25) is 5.89 Å². The molecule has 0 aliphatic carbocycles. The van der Waals surface area contributed by atoms with Gasteiger partial charge in [0.25, 0.3) is 10.9 Å². The quantitative estimate of drug-likeness (QED) is 0.189.